The molecule has 30 heavy (non-hydrogen) atoms. The number of rotatable bonds is 4. The summed E-state index contributed by atoms with van der Waals surface area (Å²) in [6.07, 6.45) is 0. The number of aromatic nitrogens is 3. The molecule has 0 amide bonds. The van der Waals surface area contributed by atoms with Crippen LogP contribution in [0, 0.1) is 12.7 Å². The Kier molecular flexibility index (Phi) is 4.37. The molecule has 1 saturated heterocycles. The van der Waals surface area contributed by atoms with E-state index in [4.69, 9.17) is 4.52 Å². The fourth-order valence-corrected chi connectivity index (χ4v) is 5.16. The van der Waals surface area contributed by atoms with Gasteiger partial charge in [-0.1, -0.05) is 23.4 Å². The van der Waals surface area contributed by atoms with Crippen LogP contribution < -0.4 is 0 Å². The minimum absolute atomic E-state index is 0.189. The predicted molar refractivity (Wildman–Crippen MR) is 108 cm³/mol. The Morgan fingerprint density at radius 3 is 2.57 bits per heavy atom. The molecule has 152 valence electrons. The van der Waals surface area contributed by atoms with Crippen LogP contribution in [0.3, 0.4) is 0 Å². The van der Waals surface area contributed by atoms with Crippen LogP contribution in [0.15, 0.2) is 64.0 Å². The predicted octanol–water partition coefficient (Wildman–Crippen LogP) is 3.52. The van der Waals surface area contributed by atoms with Gasteiger partial charge in [-0.2, -0.15) is 9.29 Å². The van der Waals surface area contributed by atoms with Crippen LogP contribution in [0.5, 0.6) is 0 Å². The number of halogens is 1. The van der Waals surface area contributed by atoms with Gasteiger partial charge in [-0.25, -0.2) is 12.8 Å². The molecule has 1 aliphatic rings. The van der Waals surface area contributed by atoms with Gasteiger partial charge in [0.2, 0.25) is 21.7 Å². The molecule has 2 aromatic carbocycles. The maximum absolute atomic E-state index is 13.2. The number of hydrogen-bond donors (Lipinski definition) is 0. The minimum Gasteiger partial charge on any atom is -0.339 e. The van der Waals surface area contributed by atoms with Gasteiger partial charge in [0.25, 0.3) is 0 Å². The Bertz CT molecular complexity index is 1350. The van der Waals surface area contributed by atoms with Crippen LogP contribution in [0.2, 0.25) is 0 Å². The first kappa shape index (κ1) is 18.8. The van der Waals surface area contributed by atoms with E-state index >= 15 is 0 Å². The molecule has 5 rings (SSSR count). The maximum Gasteiger partial charge on any atom is 0.245 e. The third-order valence-electron chi connectivity index (χ3n) is 5.18. The van der Waals surface area contributed by atoms with E-state index in [-0.39, 0.29) is 29.7 Å². The third-order valence-corrected chi connectivity index (χ3v) is 7.04. The molecule has 0 spiro atoms. The number of fused-ring (bicyclic) bond motifs is 1. The molecular formula is C21H17FN4O3S. The van der Waals surface area contributed by atoms with Gasteiger partial charge >= 0.3 is 0 Å². The Balaban J connectivity index is 1.37. The van der Waals surface area contributed by atoms with E-state index in [1.165, 1.54) is 16.4 Å². The first-order valence-electron chi connectivity index (χ1n) is 9.38. The second-order valence-electron chi connectivity index (χ2n) is 7.26. The molecule has 1 fully saturated rings. The molecule has 0 aliphatic carbocycles. The van der Waals surface area contributed by atoms with Gasteiger partial charge in [0.1, 0.15) is 10.7 Å². The van der Waals surface area contributed by atoms with Gasteiger partial charge in [-0.05, 0) is 43.3 Å². The monoisotopic (exact) mass is 424 g/mol. The van der Waals surface area contributed by atoms with E-state index in [0.717, 1.165) is 11.1 Å². The zero-order chi connectivity index (χ0) is 20.9. The van der Waals surface area contributed by atoms with Crippen molar-refractivity contribution in [2.24, 2.45) is 0 Å². The number of para-hydroxylation sites is 1. The lowest BCUT2D eigenvalue weighted by atomic mass is 10.0. The highest BCUT2D eigenvalue weighted by atomic mass is 32.2. The van der Waals surface area contributed by atoms with Crippen LogP contribution in [-0.4, -0.2) is 40.9 Å². The van der Waals surface area contributed by atoms with Gasteiger partial charge in [-0.3, -0.25) is 4.98 Å². The number of benzene rings is 2. The van der Waals surface area contributed by atoms with Crippen molar-refractivity contribution >= 4 is 20.9 Å². The second kappa shape index (κ2) is 6.96. The highest BCUT2D eigenvalue weighted by Gasteiger charge is 2.41. The summed E-state index contributed by atoms with van der Waals surface area (Å²) in [5.74, 6) is 0.180. The number of nitrogens with zero attached hydrogens (tertiary/aromatic N) is 4. The van der Waals surface area contributed by atoms with Gasteiger partial charge < -0.3 is 4.52 Å². The largest absolute Gasteiger partial charge is 0.339 e. The lowest BCUT2D eigenvalue weighted by Gasteiger charge is -2.35. The highest BCUT2D eigenvalue weighted by molar-refractivity contribution is 7.89. The third kappa shape index (κ3) is 3.16. The van der Waals surface area contributed by atoms with E-state index in [0.29, 0.717) is 22.8 Å². The molecule has 9 heteroatoms. The molecule has 2 aromatic heterocycles. The topological polar surface area (TPSA) is 89.2 Å². The summed E-state index contributed by atoms with van der Waals surface area (Å²) >= 11 is 0. The number of aryl methyl sites for hydroxylation is 1. The zero-order valence-electron chi connectivity index (χ0n) is 16.0. The Morgan fingerprint density at radius 1 is 1.03 bits per heavy atom. The number of hydrogen-bond acceptors (Lipinski definition) is 6. The van der Waals surface area contributed by atoms with Crippen molar-refractivity contribution in [1.29, 1.82) is 0 Å². The first-order chi connectivity index (χ1) is 14.4. The molecule has 0 saturated carbocycles. The first-order valence-corrected chi connectivity index (χ1v) is 10.8. The molecule has 7 nitrogen and oxygen atoms in total. The maximum atomic E-state index is 13.2. The fourth-order valence-electron chi connectivity index (χ4n) is 3.47. The molecule has 0 radical (unpaired) electrons. The zero-order valence-corrected chi connectivity index (χ0v) is 16.8. The lowest BCUT2D eigenvalue weighted by Crippen LogP contribution is -2.48. The molecule has 0 bridgehead atoms. The van der Waals surface area contributed by atoms with Crippen molar-refractivity contribution < 1.29 is 17.3 Å². The molecule has 0 unspecified atom stereocenters. The summed E-state index contributed by atoms with van der Waals surface area (Å²) in [5, 5.41) is 4.71. The standard InChI is InChI=1S/C21H17FN4O3S/c1-13-5-6-14-3-2-4-18(19(14)23-13)30(27,28)26-11-16(12-26)21-24-20(25-29-21)15-7-9-17(22)10-8-15/h2-10,16H,11-12H2,1H3. The van der Waals surface area contributed by atoms with Gasteiger partial charge in [0.15, 0.2) is 0 Å². The van der Waals surface area contributed by atoms with Crippen molar-refractivity contribution in [3.63, 3.8) is 0 Å². The Labute approximate surface area is 172 Å². The second-order valence-corrected chi connectivity index (χ2v) is 9.17. The Morgan fingerprint density at radius 2 is 1.80 bits per heavy atom. The summed E-state index contributed by atoms with van der Waals surface area (Å²) in [5.41, 5.74) is 1.86. The molecule has 0 N–H and O–H groups in total. The van der Waals surface area contributed by atoms with Crippen LogP contribution >= 0.6 is 0 Å². The average molecular weight is 424 g/mol. The van der Waals surface area contributed by atoms with E-state index in [9.17, 15) is 12.8 Å². The molecule has 0 atom stereocenters. The molecule has 4 aromatic rings. The van der Waals surface area contributed by atoms with E-state index < -0.39 is 10.0 Å². The quantitative estimate of drug-likeness (QED) is 0.498. The van der Waals surface area contributed by atoms with Crippen molar-refractivity contribution in [2.75, 3.05) is 13.1 Å². The average Bonchev–Trinajstić information content (AvgIpc) is 3.16. The van der Waals surface area contributed by atoms with Crippen molar-refractivity contribution in [3.05, 3.63) is 72.0 Å². The van der Waals surface area contributed by atoms with Crippen LogP contribution in [0.25, 0.3) is 22.3 Å². The summed E-state index contributed by atoms with van der Waals surface area (Å²) in [6, 6.07) is 14.6. The van der Waals surface area contributed by atoms with Crippen LogP contribution in [0.1, 0.15) is 17.5 Å². The van der Waals surface area contributed by atoms with E-state index in [2.05, 4.69) is 15.1 Å². The fraction of sp³-hybridized carbons (Fsp3) is 0.190. The van der Waals surface area contributed by atoms with E-state index in [1.54, 1.807) is 24.3 Å². The van der Waals surface area contributed by atoms with Gasteiger partial charge in [0.05, 0.1) is 11.4 Å². The van der Waals surface area contributed by atoms with Gasteiger partial charge in [0, 0.05) is 29.7 Å². The molecule has 1 aliphatic heterocycles. The normalized spacial score (nSPS) is 15.4. The minimum atomic E-state index is -3.70. The summed E-state index contributed by atoms with van der Waals surface area (Å²) in [4.78, 5) is 8.97. The molecular weight excluding hydrogens is 407 g/mol. The molecule has 3 heterocycles. The van der Waals surface area contributed by atoms with Crippen molar-refractivity contribution in [1.82, 2.24) is 19.4 Å². The highest BCUT2D eigenvalue weighted by Crippen LogP contribution is 2.34. The lowest BCUT2D eigenvalue weighted by molar-refractivity contribution is 0.217. The Hall–Kier alpha value is -3.17. The van der Waals surface area contributed by atoms with Crippen molar-refractivity contribution in [2.45, 2.75) is 17.7 Å². The van der Waals surface area contributed by atoms with Crippen molar-refractivity contribution in [3.8, 4) is 11.4 Å². The van der Waals surface area contributed by atoms with Gasteiger partial charge in [-0.15, -0.1) is 0 Å². The number of pyridine rings is 1. The smallest absolute Gasteiger partial charge is 0.245 e. The SMILES string of the molecule is Cc1ccc2cccc(S(=O)(=O)N3CC(c4nc(-c5ccc(F)cc5)no4)C3)c2n1. The van der Waals surface area contributed by atoms with Crippen LogP contribution in [-0.2, 0) is 10.0 Å². The van der Waals surface area contributed by atoms with Crippen LogP contribution in [0.4, 0.5) is 4.39 Å². The number of sulfonamides is 1. The van der Waals surface area contributed by atoms with E-state index in [1.807, 2.05) is 25.1 Å². The summed E-state index contributed by atoms with van der Waals surface area (Å²) in [6.45, 7) is 2.32. The summed E-state index contributed by atoms with van der Waals surface area (Å²) in [7, 11) is -3.70. The summed E-state index contributed by atoms with van der Waals surface area (Å²) < 4.78 is 46.1.